The quantitative estimate of drug-likeness (QED) is 0.302. The second-order valence-electron chi connectivity index (χ2n) is 8.41. The molecule has 0 amide bonds. The molecule has 0 radical (unpaired) electrons. The fourth-order valence-corrected chi connectivity index (χ4v) is 5.57. The molecule has 2 aromatic rings. The van der Waals surface area contributed by atoms with Crippen LogP contribution in [0, 0.1) is 6.92 Å². The van der Waals surface area contributed by atoms with Gasteiger partial charge in [0.1, 0.15) is 10.7 Å². The molecular formula is C26H35NO6S. The number of hydrogen-bond acceptors (Lipinski definition) is 7. The smallest absolute Gasteiger partial charge is 0.306 e. The molecule has 0 fully saturated rings. The Morgan fingerprint density at radius 2 is 1.94 bits per heavy atom. The molecule has 186 valence electrons. The fraction of sp³-hybridized carbons (Fsp3) is 0.423. The first-order valence-electron chi connectivity index (χ1n) is 11.5. The van der Waals surface area contributed by atoms with Crippen LogP contribution in [-0.2, 0) is 20.8 Å². The van der Waals surface area contributed by atoms with E-state index in [0.717, 1.165) is 29.5 Å². The van der Waals surface area contributed by atoms with E-state index in [1.165, 1.54) is 0 Å². The van der Waals surface area contributed by atoms with Crippen molar-refractivity contribution in [2.75, 3.05) is 20.3 Å². The topological polar surface area (TPSA) is 88.5 Å². The highest BCUT2D eigenvalue weighted by atomic mass is 32.3. The van der Waals surface area contributed by atoms with Gasteiger partial charge in [-0.2, -0.15) is 0 Å². The van der Waals surface area contributed by atoms with Gasteiger partial charge in [-0.3, -0.25) is 18.2 Å². The summed E-state index contributed by atoms with van der Waals surface area (Å²) in [5.41, 5.74) is 2.99. The second-order valence-corrected chi connectivity index (χ2v) is 10.4. The van der Waals surface area contributed by atoms with E-state index >= 15 is 0 Å². The van der Waals surface area contributed by atoms with Crippen molar-refractivity contribution in [1.29, 1.82) is 0 Å². The molecule has 1 aliphatic heterocycles. The third kappa shape index (κ3) is 6.33. The van der Waals surface area contributed by atoms with Gasteiger partial charge in [0.25, 0.3) is 0 Å². The zero-order valence-electron chi connectivity index (χ0n) is 20.3. The van der Waals surface area contributed by atoms with Crippen LogP contribution in [0.1, 0.15) is 55.7 Å². The first kappa shape index (κ1) is 26.1. The maximum Gasteiger partial charge on any atom is 0.306 e. The molecule has 3 rings (SSSR count). The van der Waals surface area contributed by atoms with Crippen molar-refractivity contribution in [2.45, 2.75) is 57.4 Å². The summed E-state index contributed by atoms with van der Waals surface area (Å²) in [4.78, 5) is 12.6. The summed E-state index contributed by atoms with van der Waals surface area (Å²) in [6.07, 6.45) is 3.55. The number of methoxy groups -OCH3 is 1. The molecule has 0 saturated heterocycles. The SMILES string of the molecule is CCOC(=O)CC(CCCOC)c1ccc(C)c(CN2C=C(C)Oc3ccccc3S2(O)O)c1. The molecule has 2 aromatic carbocycles. The largest absolute Gasteiger partial charge is 0.466 e. The number of ether oxygens (including phenoxy) is 3. The Balaban J connectivity index is 1.91. The van der Waals surface area contributed by atoms with Crippen LogP contribution in [0.25, 0.3) is 0 Å². The Kier molecular flexibility index (Phi) is 9.02. The number of rotatable bonds is 10. The molecule has 8 heteroatoms. The van der Waals surface area contributed by atoms with E-state index in [2.05, 4.69) is 6.07 Å². The molecule has 2 N–H and O–H groups in total. The van der Waals surface area contributed by atoms with Gasteiger partial charge in [-0.05, 0) is 68.4 Å². The van der Waals surface area contributed by atoms with Crippen LogP contribution in [0.15, 0.2) is 59.3 Å². The second kappa shape index (κ2) is 11.8. The van der Waals surface area contributed by atoms with Gasteiger partial charge in [0.05, 0.1) is 25.8 Å². The van der Waals surface area contributed by atoms with Crippen molar-refractivity contribution in [3.05, 3.63) is 71.1 Å². The van der Waals surface area contributed by atoms with E-state index in [1.54, 1.807) is 55.7 Å². The lowest BCUT2D eigenvalue weighted by atomic mass is 9.89. The Morgan fingerprint density at radius 3 is 2.68 bits per heavy atom. The Bertz CT molecular complexity index is 1020. The lowest BCUT2D eigenvalue weighted by molar-refractivity contribution is -0.143. The van der Waals surface area contributed by atoms with Crippen LogP contribution >= 0.6 is 10.8 Å². The van der Waals surface area contributed by atoms with Gasteiger partial charge in [-0.1, -0.05) is 41.1 Å². The number of fused-ring (bicyclic) bond motifs is 1. The van der Waals surface area contributed by atoms with Gasteiger partial charge in [-0.25, -0.2) is 0 Å². The van der Waals surface area contributed by atoms with Gasteiger partial charge in [-0.15, -0.1) is 0 Å². The number of nitrogens with zero attached hydrogens (tertiary/aromatic N) is 1. The van der Waals surface area contributed by atoms with Gasteiger partial charge in [0.2, 0.25) is 0 Å². The summed E-state index contributed by atoms with van der Waals surface area (Å²) < 4.78 is 40.2. The monoisotopic (exact) mass is 489 g/mol. The molecule has 0 spiro atoms. The minimum Gasteiger partial charge on any atom is -0.466 e. The lowest BCUT2D eigenvalue weighted by Gasteiger charge is -2.41. The molecule has 34 heavy (non-hydrogen) atoms. The van der Waals surface area contributed by atoms with Crippen molar-refractivity contribution < 1.29 is 28.1 Å². The summed E-state index contributed by atoms with van der Waals surface area (Å²) >= 11 is 0. The summed E-state index contributed by atoms with van der Waals surface area (Å²) in [6.45, 7) is 6.84. The number of allylic oxidation sites excluding steroid dienone is 1. The van der Waals surface area contributed by atoms with Crippen molar-refractivity contribution >= 4 is 16.7 Å². The van der Waals surface area contributed by atoms with Crippen molar-refractivity contribution in [2.24, 2.45) is 0 Å². The standard InChI is InChI=1S/C26H35NO6S/c1-5-32-26(28)16-21(9-8-14-31-4)22-13-12-19(2)23(15-22)18-27-17-20(3)33-24-10-6-7-11-25(24)34(27,29)30/h6-7,10-13,15,17,21,29-30H,5,8-9,14,16,18H2,1-4H3. The van der Waals surface area contributed by atoms with Crippen molar-refractivity contribution in [3.8, 4) is 5.75 Å². The van der Waals surface area contributed by atoms with Crippen molar-refractivity contribution in [3.63, 3.8) is 0 Å². The summed E-state index contributed by atoms with van der Waals surface area (Å²) in [5.74, 6) is 0.774. The first-order valence-corrected chi connectivity index (χ1v) is 13.0. The van der Waals surface area contributed by atoms with E-state index in [4.69, 9.17) is 14.2 Å². The maximum absolute atomic E-state index is 12.3. The fourth-order valence-electron chi connectivity index (χ4n) is 4.06. The molecule has 0 bridgehead atoms. The molecule has 1 heterocycles. The van der Waals surface area contributed by atoms with Gasteiger partial charge < -0.3 is 14.2 Å². The lowest BCUT2D eigenvalue weighted by Crippen LogP contribution is -2.22. The minimum atomic E-state index is -3.30. The maximum atomic E-state index is 12.3. The van der Waals surface area contributed by atoms with Gasteiger partial charge in [0, 0.05) is 13.7 Å². The number of hydrogen-bond donors (Lipinski definition) is 2. The Morgan fingerprint density at radius 1 is 1.18 bits per heavy atom. The number of carbonyl (C=O) groups is 1. The van der Waals surface area contributed by atoms with E-state index in [-0.39, 0.29) is 18.4 Å². The zero-order valence-corrected chi connectivity index (χ0v) is 21.1. The van der Waals surface area contributed by atoms with Crippen LogP contribution in [0.3, 0.4) is 0 Å². The molecule has 0 saturated carbocycles. The summed E-state index contributed by atoms with van der Waals surface area (Å²) in [6, 6.07) is 13.1. The number of carbonyl (C=O) groups excluding carboxylic acids is 1. The zero-order chi connectivity index (χ0) is 24.7. The van der Waals surface area contributed by atoms with E-state index in [9.17, 15) is 13.9 Å². The molecule has 7 nitrogen and oxygen atoms in total. The van der Waals surface area contributed by atoms with E-state index < -0.39 is 10.8 Å². The van der Waals surface area contributed by atoms with E-state index in [0.29, 0.717) is 36.0 Å². The third-order valence-electron chi connectivity index (χ3n) is 5.86. The van der Waals surface area contributed by atoms with Crippen LogP contribution < -0.4 is 4.74 Å². The summed E-state index contributed by atoms with van der Waals surface area (Å²) in [5, 5.41) is 0. The number of aryl methyl sites for hydroxylation is 1. The highest BCUT2D eigenvalue weighted by Gasteiger charge is 2.30. The Hall–Kier alpha value is -2.52. The molecule has 1 unspecified atom stereocenters. The Labute approximate surface area is 203 Å². The van der Waals surface area contributed by atoms with Crippen LogP contribution in [-0.4, -0.2) is 39.7 Å². The predicted molar refractivity (Wildman–Crippen MR) is 134 cm³/mol. The van der Waals surface area contributed by atoms with E-state index in [1.807, 2.05) is 19.1 Å². The molecule has 1 aliphatic rings. The van der Waals surface area contributed by atoms with Crippen molar-refractivity contribution in [1.82, 2.24) is 4.31 Å². The van der Waals surface area contributed by atoms with Crippen LogP contribution in [0.5, 0.6) is 5.75 Å². The molecule has 0 aromatic heterocycles. The highest BCUT2D eigenvalue weighted by Crippen LogP contribution is 2.57. The summed E-state index contributed by atoms with van der Waals surface area (Å²) in [7, 11) is -1.63. The van der Waals surface area contributed by atoms with Gasteiger partial charge in [0.15, 0.2) is 5.75 Å². The third-order valence-corrected chi connectivity index (χ3v) is 7.67. The molecular weight excluding hydrogens is 454 g/mol. The minimum absolute atomic E-state index is 0.0145. The first-order chi connectivity index (χ1) is 16.3. The average Bonchev–Trinajstić information content (AvgIpc) is 2.88. The van der Waals surface area contributed by atoms with Crippen LogP contribution in [0.2, 0.25) is 0 Å². The number of para-hydroxylation sites is 1. The van der Waals surface area contributed by atoms with Crippen LogP contribution in [0.4, 0.5) is 0 Å². The molecule has 1 atom stereocenters. The number of esters is 1. The number of benzene rings is 2. The normalized spacial score (nSPS) is 16.5. The molecule has 0 aliphatic carbocycles. The van der Waals surface area contributed by atoms with Gasteiger partial charge >= 0.3 is 5.97 Å². The highest BCUT2D eigenvalue weighted by molar-refractivity contribution is 8.22. The predicted octanol–water partition coefficient (Wildman–Crippen LogP) is 6.24. The average molecular weight is 490 g/mol.